The maximum absolute atomic E-state index is 13.5. The summed E-state index contributed by atoms with van der Waals surface area (Å²) in [4.78, 5) is 23.8. The fraction of sp³-hybridized carbons (Fsp3) is 0.333. The van der Waals surface area contributed by atoms with E-state index in [0.29, 0.717) is 13.1 Å². The summed E-state index contributed by atoms with van der Waals surface area (Å²) in [7, 11) is 0. The number of carboxylic acids is 1. The molecule has 0 aliphatic carbocycles. The van der Waals surface area contributed by atoms with Gasteiger partial charge in [0.25, 0.3) is 5.91 Å². The maximum atomic E-state index is 13.5. The lowest BCUT2D eigenvalue weighted by Gasteiger charge is -2.38. The number of carboxylic acid groups (broad SMARTS) is 1. The molecule has 1 fully saturated rings. The van der Waals surface area contributed by atoms with Gasteiger partial charge in [-0.1, -0.05) is 17.7 Å². The number of carbonyl (C=O) groups is 2. The molecular formula is C12H11ClFNO3. The molecule has 0 aromatic heterocycles. The van der Waals surface area contributed by atoms with Crippen LogP contribution in [0.4, 0.5) is 4.39 Å². The van der Waals surface area contributed by atoms with E-state index in [4.69, 9.17) is 16.7 Å². The molecule has 0 bridgehead atoms. The van der Waals surface area contributed by atoms with E-state index in [1.54, 1.807) is 0 Å². The SMILES string of the molecule is O=C(O)CC1CN(C(=O)c2c(F)cccc2Cl)C1. The largest absolute Gasteiger partial charge is 0.481 e. The number of aliphatic carboxylic acids is 1. The van der Waals surface area contributed by atoms with Crippen LogP contribution in [0.5, 0.6) is 0 Å². The topological polar surface area (TPSA) is 57.6 Å². The third-order valence-electron chi connectivity index (χ3n) is 2.88. The highest BCUT2D eigenvalue weighted by Gasteiger charge is 2.34. The van der Waals surface area contributed by atoms with Crippen LogP contribution in [0.1, 0.15) is 16.8 Å². The molecule has 0 saturated carbocycles. The smallest absolute Gasteiger partial charge is 0.303 e. The monoisotopic (exact) mass is 271 g/mol. The van der Waals surface area contributed by atoms with E-state index in [2.05, 4.69) is 0 Å². The highest BCUT2D eigenvalue weighted by Crippen LogP contribution is 2.26. The zero-order valence-corrected chi connectivity index (χ0v) is 10.2. The summed E-state index contributed by atoms with van der Waals surface area (Å²) in [5.41, 5.74) is -0.145. The minimum atomic E-state index is -0.893. The van der Waals surface area contributed by atoms with Gasteiger partial charge in [0.1, 0.15) is 5.82 Å². The van der Waals surface area contributed by atoms with Gasteiger partial charge in [0, 0.05) is 19.0 Å². The van der Waals surface area contributed by atoms with Crippen LogP contribution in [0.2, 0.25) is 5.02 Å². The third kappa shape index (κ3) is 2.46. The van der Waals surface area contributed by atoms with Crippen LogP contribution < -0.4 is 0 Å². The van der Waals surface area contributed by atoms with E-state index in [1.807, 2.05) is 0 Å². The van der Waals surface area contributed by atoms with Crippen LogP contribution in [0.15, 0.2) is 18.2 Å². The van der Waals surface area contributed by atoms with Crippen LogP contribution >= 0.6 is 11.6 Å². The fourth-order valence-corrected chi connectivity index (χ4v) is 2.22. The predicted octanol–water partition coefficient (Wildman–Crippen LogP) is 2.03. The lowest BCUT2D eigenvalue weighted by Crippen LogP contribution is -2.50. The Morgan fingerprint density at radius 1 is 1.44 bits per heavy atom. The van der Waals surface area contributed by atoms with E-state index in [9.17, 15) is 14.0 Å². The number of nitrogens with zero attached hydrogens (tertiary/aromatic N) is 1. The molecule has 1 heterocycles. The Balaban J connectivity index is 2.04. The van der Waals surface area contributed by atoms with Crippen molar-refractivity contribution in [3.63, 3.8) is 0 Å². The van der Waals surface area contributed by atoms with Gasteiger partial charge in [-0.3, -0.25) is 9.59 Å². The molecule has 2 rings (SSSR count). The van der Waals surface area contributed by atoms with Crippen molar-refractivity contribution in [1.29, 1.82) is 0 Å². The van der Waals surface area contributed by atoms with Gasteiger partial charge in [-0.05, 0) is 12.1 Å². The number of hydrogen-bond acceptors (Lipinski definition) is 2. The third-order valence-corrected chi connectivity index (χ3v) is 3.20. The lowest BCUT2D eigenvalue weighted by atomic mass is 9.95. The van der Waals surface area contributed by atoms with Crippen LogP contribution in [0.3, 0.4) is 0 Å². The van der Waals surface area contributed by atoms with Crippen LogP contribution in [0, 0.1) is 11.7 Å². The van der Waals surface area contributed by atoms with Crippen molar-refractivity contribution in [2.75, 3.05) is 13.1 Å². The normalized spacial score (nSPS) is 15.3. The molecule has 0 unspecified atom stereocenters. The van der Waals surface area contributed by atoms with Crippen molar-refractivity contribution in [2.45, 2.75) is 6.42 Å². The van der Waals surface area contributed by atoms with Gasteiger partial charge >= 0.3 is 5.97 Å². The predicted molar refractivity (Wildman–Crippen MR) is 63.1 cm³/mol. The van der Waals surface area contributed by atoms with Gasteiger partial charge in [0.2, 0.25) is 0 Å². The standard InChI is InChI=1S/C12H11ClFNO3/c13-8-2-1-3-9(14)11(8)12(18)15-5-7(6-15)4-10(16)17/h1-3,7H,4-6H2,(H,16,17). The zero-order valence-electron chi connectivity index (χ0n) is 9.40. The van der Waals surface area contributed by atoms with E-state index in [1.165, 1.54) is 23.1 Å². The molecular weight excluding hydrogens is 261 g/mol. The average molecular weight is 272 g/mol. The Hall–Kier alpha value is -1.62. The quantitative estimate of drug-likeness (QED) is 0.915. The van der Waals surface area contributed by atoms with E-state index in [-0.39, 0.29) is 22.9 Å². The fourth-order valence-electron chi connectivity index (χ4n) is 1.97. The van der Waals surface area contributed by atoms with E-state index >= 15 is 0 Å². The number of rotatable bonds is 3. The number of benzene rings is 1. The summed E-state index contributed by atoms with van der Waals surface area (Å²) >= 11 is 5.79. The van der Waals surface area contributed by atoms with Gasteiger partial charge in [-0.25, -0.2) is 4.39 Å². The molecule has 1 aromatic carbocycles. The van der Waals surface area contributed by atoms with E-state index < -0.39 is 17.7 Å². The molecule has 1 aromatic rings. The van der Waals surface area contributed by atoms with Crippen LogP contribution in [0.25, 0.3) is 0 Å². The average Bonchev–Trinajstić information content (AvgIpc) is 2.22. The molecule has 1 amide bonds. The first kappa shape index (κ1) is 12.8. The van der Waals surface area contributed by atoms with Gasteiger partial charge in [-0.15, -0.1) is 0 Å². The minimum Gasteiger partial charge on any atom is -0.481 e. The van der Waals surface area contributed by atoms with Crippen molar-refractivity contribution < 1.29 is 19.1 Å². The Morgan fingerprint density at radius 2 is 2.11 bits per heavy atom. The van der Waals surface area contributed by atoms with Gasteiger partial charge in [0.05, 0.1) is 17.0 Å². The second kappa shape index (κ2) is 4.94. The molecule has 96 valence electrons. The zero-order chi connectivity index (χ0) is 13.3. The van der Waals surface area contributed by atoms with Crippen molar-refractivity contribution in [2.24, 2.45) is 5.92 Å². The summed E-state index contributed by atoms with van der Waals surface area (Å²) in [6.45, 7) is 0.658. The Labute approximate surface area is 108 Å². The highest BCUT2D eigenvalue weighted by molar-refractivity contribution is 6.33. The van der Waals surface area contributed by atoms with Gasteiger partial charge < -0.3 is 10.0 Å². The second-order valence-electron chi connectivity index (χ2n) is 4.27. The van der Waals surface area contributed by atoms with Crippen LogP contribution in [-0.4, -0.2) is 35.0 Å². The van der Waals surface area contributed by atoms with Crippen LogP contribution in [-0.2, 0) is 4.79 Å². The molecule has 1 aliphatic heterocycles. The molecule has 0 radical (unpaired) electrons. The molecule has 18 heavy (non-hydrogen) atoms. The summed E-state index contributed by atoms with van der Waals surface area (Å²) < 4.78 is 13.5. The number of carbonyl (C=O) groups excluding carboxylic acids is 1. The van der Waals surface area contributed by atoms with E-state index in [0.717, 1.165) is 0 Å². The molecule has 0 spiro atoms. The molecule has 1 N–H and O–H groups in total. The highest BCUT2D eigenvalue weighted by atomic mass is 35.5. The summed E-state index contributed by atoms with van der Waals surface area (Å²) in [5.74, 6) is -2.10. The molecule has 0 atom stereocenters. The van der Waals surface area contributed by atoms with Crippen molar-refractivity contribution in [1.82, 2.24) is 4.90 Å². The number of amides is 1. The van der Waals surface area contributed by atoms with Crippen molar-refractivity contribution in [3.05, 3.63) is 34.6 Å². The molecule has 4 nitrogen and oxygen atoms in total. The first-order valence-electron chi connectivity index (χ1n) is 5.44. The van der Waals surface area contributed by atoms with Crippen molar-refractivity contribution >= 4 is 23.5 Å². The molecule has 6 heteroatoms. The molecule has 1 saturated heterocycles. The molecule has 1 aliphatic rings. The summed E-state index contributed by atoms with van der Waals surface area (Å²) in [6, 6.07) is 4.05. The Morgan fingerprint density at radius 3 is 2.67 bits per heavy atom. The Bertz CT molecular complexity index is 480. The minimum absolute atomic E-state index is 0.0226. The number of hydrogen-bond donors (Lipinski definition) is 1. The maximum Gasteiger partial charge on any atom is 0.303 e. The summed E-state index contributed by atoms with van der Waals surface area (Å²) in [5, 5.41) is 8.67. The number of likely N-dealkylation sites (tertiary alicyclic amines) is 1. The van der Waals surface area contributed by atoms with Gasteiger partial charge in [-0.2, -0.15) is 0 Å². The second-order valence-corrected chi connectivity index (χ2v) is 4.68. The lowest BCUT2D eigenvalue weighted by molar-refractivity contribution is -0.139. The first-order valence-corrected chi connectivity index (χ1v) is 5.82. The Kier molecular flexibility index (Phi) is 3.52. The summed E-state index contributed by atoms with van der Waals surface area (Å²) in [6.07, 6.45) is 0.0226. The van der Waals surface area contributed by atoms with Gasteiger partial charge in [0.15, 0.2) is 0 Å². The van der Waals surface area contributed by atoms with Crippen molar-refractivity contribution in [3.8, 4) is 0 Å². The first-order chi connectivity index (χ1) is 8.49. The number of halogens is 2.